The minimum absolute atomic E-state index is 0.0490. The maximum absolute atomic E-state index is 14.3. The molecule has 2 aromatic heterocycles. The second-order valence-corrected chi connectivity index (χ2v) is 8.04. The highest BCUT2D eigenvalue weighted by atomic mass is 19.4. The maximum atomic E-state index is 14.3. The molecule has 13 heteroatoms. The Morgan fingerprint density at radius 3 is 2.38 bits per heavy atom. The van der Waals surface area contributed by atoms with Crippen LogP contribution in [0.2, 0.25) is 0 Å². The summed E-state index contributed by atoms with van der Waals surface area (Å²) in [6, 6.07) is 10.6. The van der Waals surface area contributed by atoms with Gasteiger partial charge in [0.25, 0.3) is 5.91 Å². The van der Waals surface area contributed by atoms with Gasteiger partial charge in [0, 0.05) is 10.9 Å². The minimum Gasteiger partial charge on any atom is -0.366 e. The molecule has 0 saturated carbocycles. The molecule has 0 unspecified atom stereocenters. The van der Waals surface area contributed by atoms with Crippen LogP contribution in [0.3, 0.4) is 0 Å². The van der Waals surface area contributed by atoms with Crippen LogP contribution in [0.5, 0.6) is 0 Å². The number of pyridine rings is 1. The van der Waals surface area contributed by atoms with Crippen LogP contribution in [0.15, 0.2) is 48.5 Å². The van der Waals surface area contributed by atoms with Gasteiger partial charge in [-0.25, -0.2) is 9.37 Å². The largest absolute Gasteiger partial charge is 0.437 e. The number of benzene rings is 2. The molecule has 4 aromatic rings. The molecule has 5 N–H and O–H groups in total. The van der Waals surface area contributed by atoms with Crippen LogP contribution in [0.1, 0.15) is 48.2 Å². The maximum Gasteiger partial charge on any atom is 0.437 e. The first-order valence-electron chi connectivity index (χ1n) is 10.6. The summed E-state index contributed by atoms with van der Waals surface area (Å²) < 4.78 is 56.7. The summed E-state index contributed by atoms with van der Waals surface area (Å²) in [7, 11) is 0. The number of rotatable bonds is 6. The van der Waals surface area contributed by atoms with Gasteiger partial charge in [0.15, 0.2) is 5.69 Å². The molecule has 3 amide bonds. The van der Waals surface area contributed by atoms with Crippen molar-refractivity contribution in [2.24, 2.45) is 11.5 Å². The van der Waals surface area contributed by atoms with Crippen molar-refractivity contribution in [1.82, 2.24) is 14.8 Å². The Morgan fingerprint density at radius 1 is 1.03 bits per heavy atom. The van der Waals surface area contributed by atoms with Gasteiger partial charge < -0.3 is 16.8 Å². The molecule has 2 heterocycles. The van der Waals surface area contributed by atoms with E-state index in [1.807, 2.05) is 0 Å². The fourth-order valence-corrected chi connectivity index (χ4v) is 3.78. The molecule has 0 aliphatic rings. The van der Waals surface area contributed by atoms with E-state index in [-0.39, 0.29) is 34.3 Å². The van der Waals surface area contributed by atoms with E-state index in [9.17, 15) is 31.9 Å². The lowest BCUT2D eigenvalue weighted by molar-refractivity contribution is -0.140. The van der Waals surface area contributed by atoms with E-state index in [0.717, 1.165) is 16.8 Å². The number of nitrogens with zero attached hydrogens (tertiary/aromatic N) is 3. The summed E-state index contributed by atoms with van der Waals surface area (Å²) in [5.74, 6) is -3.66. The van der Waals surface area contributed by atoms with Crippen LogP contribution >= 0.6 is 0 Å². The standard InChI is InChI=1S/C24H18F4N6O3/c1-11-19(20(24(26,27)28)33-34(11)10-12-4-2-5-13(8-12)21(29)35)32-23(37)17-9-14(22(30)36)18-15(25)6-3-7-16(18)31-17/h2-9H,10H2,1H3,(H2,29,35)(H2,30,36)(H,32,37). The molecule has 0 aliphatic heterocycles. The summed E-state index contributed by atoms with van der Waals surface area (Å²) in [6.45, 7) is 1.15. The number of halogens is 4. The van der Waals surface area contributed by atoms with Crippen molar-refractivity contribution in [3.05, 3.63) is 88.1 Å². The van der Waals surface area contributed by atoms with E-state index in [0.29, 0.717) is 5.56 Å². The van der Waals surface area contributed by atoms with E-state index < -0.39 is 46.8 Å². The average Bonchev–Trinajstić information content (AvgIpc) is 3.14. The van der Waals surface area contributed by atoms with Gasteiger partial charge in [0.05, 0.1) is 29.0 Å². The molecule has 9 nitrogen and oxygen atoms in total. The van der Waals surface area contributed by atoms with E-state index in [1.165, 1.54) is 37.3 Å². The number of aromatic nitrogens is 3. The number of fused-ring (bicyclic) bond motifs is 1. The van der Waals surface area contributed by atoms with Crippen molar-refractivity contribution in [3.63, 3.8) is 0 Å². The lowest BCUT2D eigenvalue weighted by atomic mass is 10.1. The zero-order valence-electron chi connectivity index (χ0n) is 19.1. The summed E-state index contributed by atoms with van der Waals surface area (Å²) in [5.41, 5.74) is 8.24. The predicted octanol–water partition coefficient (Wildman–Crippen LogP) is 3.40. The van der Waals surface area contributed by atoms with E-state index in [2.05, 4.69) is 15.4 Å². The first kappa shape index (κ1) is 25.3. The molecule has 0 spiro atoms. The zero-order chi connectivity index (χ0) is 27.1. The van der Waals surface area contributed by atoms with Crippen molar-refractivity contribution in [2.45, 2.75) is 19.6 Å². The molecule has 0 atom stereocenters. The fourth-order valence-electron chi connectivity index (χ4n) is 3.78. The SMILES string of the molecule is Cc1c(NC(=O)c2cc(C(N)=O)c3c(F)cccc3n2)c(C(F)(F)F)nn1Cc1cccc(C(N)=O)c1. The molecular weight excluding hydrogens is 496 g/mol. The number of carbonyl (C=O) groups is 3. The summed E-state index contributed by atoms with van der Waals surface area (Å²) in [6.07, 6.45) is -4.94. The van der Waals surface area contributed by atoms with E-state index in [4.69, 9.17) is 11.5 Å². The molecule has 0 saturated heterocycles. The number of nitrogens with one attached hydrogen (secondary N) is 1. The van der Waals surface area contributed by atoms with Gasteiger partial charge in [-0.15, -0.1) is 0 Å². The number of amides is 3. The van der Waals surface area contributed by atoms with Crippen molar-refractivity contribution in [1.29, 1.82) is 0 Å². The summed E-state index contributed by atoms with van der Waals surface area (Å²) in [4.78, 5) is 40.3. The third-order valence-electron chi connectivity index (χ3n) is 5.54. The molecule has 2 aromatic carbocycles. The van der Waals surface area contributed by atoms with Gasteiger partial charge in [-0.3, -0.25) is 19.1 Å². The number of hydrogen-bond acceptors (Lipinski definition) is 5. The van der Waals surface area contributed by atoms with Crippen LogP contribution in [0, 0.1) is 12.7 Å². The molecule has 0 aliphatic carbocycles. The predicted molar refractivity (Wildman–Crippen MR) is 124 cm³/mol. The van der Waals surface area contributed by atoms with Crippen LogP contribution in [-0.2, 0) is 12.7 Å². The highest BCUT2D eigenvalue weighted by Crippen LogP contribution is 2.36. The van der Waals surface area contributed by atoms with Crippen molar-refractivity contribution in [3.8, 4) is 0 Å². The van der Waals surface area contributed by atoms with Crippen LogP contribution < -0.4 is 16.8 Å². The van der Waals surface area contributed by atoms with Crippen molar-refractivity contribution < 1.29 is 31.9 Å². The van der Waals surface area contributed by atoms with Crippen LogP contribution in [0.4, 0.5) is 23.2 Å². The molecule has 190 valence electrons. The molecule has 0 radical (unpaired) electrons. The van der Waals surface area contributed by atoms with Crippen LogP contribution in [-0.4, -0.2) is 32.5 Å². The average molecular weight is 514 g/mol. The smallest absolute Gasteiger partial charge is 0.366 e. The van der Waals surface area contributed by atoms with Crippen molar-refractivity contribution >= 4 is 34.3 Å². The Morgan fingerprint density at radius 2 is 1.73 bits per heavy atom. The summed E-state index contributed by atoms with van der Waals surface area (Å²) >= 11 is 0. The highest BCUT2D eigenvalue weighted by Gasteiger charge is 2.39. The molecular formula is C24H18F4N6O3. The molecule has 37 heavy (non-hydrogen) atoms. The van der Waals surface area contributed by atoms with Gasteiger partial charge in [-0.1, -0.05) is 18.2 Å². The van der Waals surface area contributed by atoms with Gasteiger partial charge in [-0.05, 0) is 42.8 Å². The quantitative estimate of drug-likeness (QED) is 0.338. The minimum atomic E-state index is -4.94. The number of hydrogen-bond donors (Lipinski definition) is 3. The second kappa shape index (κ2) is 9.33. The number of carbonyl (C=O) groups excluding carboxylic acids is 3. The highest BCUT2D eigenvalue weighted by molar-refractivity contribution is 6.10. The molecule has 0 bridgehead atoms. The van der Waals surface area contributed by atoms with Crippen molar-refractivity contribution in [2.75, 3.05) is 5.32 Å². The first-order chi connectivity index (χ1) is 17.4. The monoisotopic (exact) mass is 514 g/mol. The number of alkyl halides is 3. The zero-order valence-corrected chi connectivity index (χ0v) is 19.1. The van der Waals surface area contributed by atoms with E-state index in [1.54, 1.807) is 6.07 Å². The van der Waals surface area contributed by atoms with Gasteiger partial charge >= 0.3 is 6.18 Å². The molecule has 4 rings (SSSR count). The number of anilines is 1. The Hall–Kier alpha value is -4.81. The lowest BCUT2D eigenvalue weighted by Crippen LogP contribution is -2.20. The Balaban J connectivity index is 1.75. The second-order valence-electron chi connectivity index (χ2n) is 8.04. The summed E-state index contributed by atoms with van der Waals surface area (Å²) in [5, 5.41) is 5.56. The third kappa shape index (κ3) is 4.96. The van der Waals surface area contributed by atoms with Gasteiger partial charge in [0.1, 0.15) is 11.5 Å². The normalized spacial score (nSPS) is 11.5. The lowest BCUT2D eigenvalue weighted by Gasteiger charge is -2.11. The van der Waals surface area contributed by atoms with Crippen LogP contribution in [0.25, 0.3) is 10.9 Å². The van der Waals surface area contributed by atoms with Gasteiger partial charge in [0.2, 0.25) is 11.8 Å². The Kier molecular flexibility index (Phi) is 6.38. The topological polar surface area (TPSA) is 146 Å². The fraction of sp³-hybridized carbons (Fsp3) is 0.125. The first-order valence-corrected chi connectivity index (χ1v) is 10.6. The Labute approximate surface area is 206 Å². The third-order valence-corrected chi connectivity index (χ3v) is 5.54. The Bertz CT molecular complexity index is 1580. The molecule has 0 fully saturated rings. The number of nitrogens with two attached hydrogens (primary N) is 2. The van der Waals surface area contributed by atoms with E-state index >= 15 is 0 Å². The van der Waals surface area contributed by atoms with Gasteiger partial charge in [-0.2, -0.15) is 18.3 Å². The number of primary amides is 2.